The summed E-state index contributed by atoms with van der Waals surface area (Å²) in [6.07, 6.45) is 0. The fourth-order valence-corrected chi connectivity index (χ4v) is 0. The minimum atomic E-state index is 0.311. The van der Waals surface area contributed by atoms with Crippen molar-refractivity contribution >= 4 is 34.2 Å². The van der Waals surface area contributed by atoms with Gasteiger partial charge in [0, 0.05) is 9.30 Å². The Morgan fingerprint density at radius 3 is 1.67 bits per heavy atom. The predicted octanol–water partition coefficient (Wildman–Crippen LogP) is 2.44. The van der Waals surface area contributed by atoms with Gasteiger partial charge in [0.15, 0.2) is 0 Å². The molecule has 0 nitrogen and oxygen atoms in total. The van der Waals surface area contributed by atoms with E-state index >= 15 is 0 Å². The Balaban J connectivity index is 2.99. The van der Waals surface area contributed by atoms with Gasteiger partial charge in [-0.15, -0.1) is 11.6 Å². The summed E-state index contributed by atoms with van der Waals surface area (Å²) >= 11 is 7.91. The van der Waals surface area contributed by atoms with Crippen LogP contribution in [0.3, 0.4) is 0 Å². The molecular weight excluding hydrogens is 210 g/mol. The van der Waals surface area contributed by atoms with Crippen molar-refractivity contribution in [3.8, 4) is 0 Å². The van der Waals surface area contributed by atoms with Gasteiger partial charge in [0.1, 0.15) is 0 Å². The van der Waals surface area contributed by atoms with Gasteiger partial charge in [0.25, 0.3) is 0 Å². The fraction of sp³-hybridized carbons (Fsp3) is 1.00. The lowest BCUT2D eigenvalue weighted by Crippen LogP contribution is -2.02. The molecule has 0 spiro atoms. The molecule has 0 aromatic rings. The minimum Gasteiger partial charge on any atom is -0.122 e. The molecule has 0 aromatic carbocycles. The highest BCUT2D eigenvalue weighted by atomic mass is 127. The molecule has 0 saturated heterocycles. The summed E-state index contributed by atoms with van der Waals surface area (Å²) < 4.78 is 0.587. The number of hydrogen-bond acceptors (Lipinski definition) is 0. The van der Waals surface area contributed by atoms with E-state index in [0.29, 0.717) is 9.30 Å². The second-order valence-corrected chi connectivity index (χ2v) is 4.01. The van der Waals surface area contributed by atoms with Crippen molar-refractivity contribution in [3.63, 3.8) is 0 Å². The van der Waals surface area contributed by atoms with E-state index in [9.17, 15) is 0 Å². The lowest BCUT2D eigenvalue weighted by atomic mass is 10.4. The molecule has 38 valence electrons. The molecule has 2 atom stereocenters. The highest BCUT2D eigenvalue weighted by Crippen LogP contribution is 2.09. The maximum atomic E-state index is 5.61. The molecule has 0 fully saturated rings. The normalized spacial score (nSPS) is 20.0. The van der Waals surface area contributed by atoms with Gasteiger partial charge in [0.05, 0.1) is 0 Å². The number of alkyl halides is 2. The molecule has 0 bridgehead atoms. The first-order chi connectivity index (χ1) is 2.64. The number of hydrogen-bond donors (Lipinski definition) is 0. The van der Waals surface area contributed by atoms with Gasteiger partial charge in [0.2, 0.25) is 0 Å². The third-order valence-corrected chi connectivity index (χ3v) is 2.51. The zero-order valence-electron chi connectivity index (χ0n) is 3.91. The first-order valence-electron chi connectivity index (χ1n) is 1.92. The van der Waals surface area contributed by atoms with Crippen molar-refractivity contribution in [2.75, 3.05) is 0 Å². The van der Waals surface area contributed by atoms with E-state index in [1.54, 1.807) is 0 Å². The highest BCUT2D eigenvalue weighted by Gasteiger charge is 2.00. The van der Waals surface area contributed by atoms with Crippen LogP contribution in [0.15, 0.2) is 0 Å². The second kappa shape index (κ2) is 3.08. The van der Waals surface area contributed by atoms with Crippen LogP contribution in [0.2, 0.25) is 0 Å². The molecule has 0 aliphatic heterocycles. The van der Waals surface area contributed by atoms with E-state index in [-0.39, 0.29) is 0 Å². The maximum absolute atomic E-state index is 5.61. The molecule has 0 saturated carbocycles. The van der Waals surface area contributed by atoms with Crippen molar-refractivity contribution < 1.29 is 0 Å². The van der Waals surface area contributed by atoms with Crippen LogP contribution < -0.4 is 0 Å². The lowest BCUT2D eigenvalue weighted by molar-refractivity contribution is 0.947. The summed E-state index contributed by atoms with van der Waals surface area (Å²) in [6.45, 7) is 4.09. The summed E-state index contributed by atoms with van der Waals surface area (Å²) in [6, 6.07) is 0. The molecule has 0 rings (SSSR count). The smallest absolute Gasteiger partial charge is 0.0422 e. The molecule has 0 unspecified atom stereocenters. The van der Waals surface area contributed by atoms with Gasteiger partial charge in [-0.3, -0.25) is 0 Å². The Morgan fingerprint density at radius 2 is 1.67 bits per heavy atom. The first kappa shape index (κ1) is 7.02. The second-order valence-electron chi connectivity index (χ2n) is 1.36. The predicted molar refractivity (Wildman–Crippen MR) is 38.8 cm³/mol. The summed E-state index contributed by atoms with van der Waals surface area (Å²) in [5.74, 6) is 0. The standard InChI is InChI=1S/C4H8ClI/c1-3(5)4(2)6/h3-4H,1-2H3/t3-,4-/m1/s1. The first-order valence-corrected chi connectivity index (χ1v) is 3.61. The van der Waals surface area contributed by atoms with Crippen LogP contribution in [0.5, 0.6) is 0 Å². The third kappa shape index (κ3) is 3.22. The van der Waals surface area contributed by atoms with Crippen LogP contribution in [0.1, 0.15) is 13.8 Å². The summed E-state index contributed by atoms with van der Waals surface area (Å²) in [7, 11) is 0. The van der Waals surface area contributed by atoms with E-state index < -0.39 is 0 Å². The van der Waals surface area contributed by atoms with Crippen LogP contribution in [0.4, 0.5) is 0 Å². The van der Waals surface area contributed by atoms with Gasteiger partial charge in [-0.05, 0) is 6.92 Å². The molecule has 6 heavy (non-hydrogen) atoms. The minimum absolute atomic E-state index is 0.311. The lowest BCUT2D eigenvalue weighted by Gasteiger charge is -2.00. The van der Waals surface area contributed by atoms with Gasteiger partial charge in [-0.2, -0.15) is 0 Å². The van der Waals surface area contributed by atoms with E-state index in [2.05, 4.69) is 29.5 Å². The zero-order chi connectivity index (χ0) is 5.15. The molecule has 0 heterocycles. The SMILES string of the molecule is C[C@@H](Cl)[C@@H](C)I. The van der Waals surface area contributed by atoms with Crippen molar-refractivity contribution in [1.29, 1.82) is 0 Å². The van der Waals surface area contributed by atoms with Crippen LogP contribution >= 0.6 is 34.2 Å². The Kier molecular flexibility index (Phi) is 3.60. The number of halogens is 2. The largest absolute Gasteiger partial charge is 0.122 e. The summed E-state index contributed by atoms with van der Waals surface area (Å²) in [5.41, 5.74) is 0. The van der Waals surface area contributed by atoms with Crippen molar-refractivity contribution in [3.05, 3.63) is 0 Å². The molecule has 0 aliphatic rings. The van der Waals surface area contributed by atoms with Crippen LogP contribution in [-0.4, -0.2) is 9.30 Å². The van der Waals surface area contributed by atoms with Crippen molar-refractivity contribution in [2.45, 2.75) is 23.1 Å². The van der Waals surface area contributed by atoms with Gasteiger partial charge in [-0.1, -0.05) is 29.5 Å². The zero-order valence-corrected chi connectivity index (χ0v) is 6.82. The third-order valence-electron chi connectivity index (χ3n) is 0.633. The summed E-state index contributed by atoms with van der Waals surface area (Å²) in [5, 5.41) is 0.311. The van der Waals surface area contributed by atoms with E-state index in [1.807, 2.05) is 6.92 Å². The van der Waals surface area contributed by atoms with Gasteiger partial charge < -0.3 is 0 Å². The Bertz CT molecular complexity index is 28.5. The van der Waals surface area contributed by atoms with Crippen LogP contribution in [0, 0.1) is 0 Å². The topological polar surface area (TPSA) is 0 Å². The molecular formula is C4H8ClI. The molecule has 0 amide bonds. The quantitative estimate of drug-likeness (QED) is 0.468. The Labute approximate surface area is 57.4 Å². The van der Waals surface area contributed by atoms with E-state index in [0.717, 1.165) is 0 Å². The highest BCUT2D eigenvalue weighted by molar-refractivity contribution is 14.1. The van der Waals surface area contributed by atoms with E-state index in [1.165, 1.54) is 0 Å². The van der Waals surface area contributed by atoms with Gasteiger partial charge >= 0.3 is 0 Å². The molecule has 0 N–H and O–H groups in total. The Hall–Kier alpha value is 1.02. The average Bonchev–Trinajstić information content (AvgIpc) is 1.36. The molecule has 0 aliphatic carbocycles. The number of rotatable bonds is 1. The fourth-order valence-electron chi connectivity index (χ4n) is 0. The van der Waals surface area contributed by atoms with E-state index in [4.69, 9.17) is 11.6 Å². The molecule has 0 aromatic heterocycles. The summed E-state index contributed by atoms with van der Waals surface area (Å²) in [4.78, 5) is 0. The maximum Gasteiger partial charge on any atom is 0.0422 e. The monoisotopic (exact) mass is 218 g/mol. The van der Waals surface area contributed by atoms with Crippen molar-refractivity contribution in [2.24, 2.45) is 0 Å². The van der Waals surface area contributed by atoms with Gasteiger partial charge in [-0.25, -0.2) is 0 Å². The van der Waals surface area contributed by atoms with Crippen LogP contribution in [0.25, 0.3) is 0 Å². The Morgan fingerprint density at radius 1 is 1.50 bits per heavy atom. The average molecular weight is 218 g/mol. The van der Waals surface area contributed by atoms with Crippen molar-refractivity contribution in [1.82, 2.24) is 0 Å². The van der Waals surface area contributed by atoms with Crippen LogP contribution in [-0.2, 0) is 0 Å². The molecule has 2 heteroatoms. The molecule has 0 radical (unpaired) electrons.